The molecule has 134 valence electrons. The second-order valence-electron chi connectivity index (χ2n) is 7.21. The number of para-hydroxylation sites is 1. The summed E-state index contributed by atoms with van der Waals surface area (Å²) in [4.78, 5) is 5.06. The predicted octanol–water partition coefficient (Wildman–Crippen LogP) is 2.65. The van der Waals surface area contributed by atoms with Crippen molar-refractivity contribution in [1.82, 2.24) is 14.4 Å². The summed E-state index contributed by atoms with van der Waals surface area (Å²) in [6.07, 6.45) is 5.26. The Morgan fingerprint density at radius 2 is 2.00 bits per heavy atom. The molecule has 0 bridgehead atoms. The third kappa shape index (κ3) is 3.36. The summed E-state index contributed by atoms with van der Waals surface area (Å²) < 4.78 is 16.2. The monoisotopic (exact) mass is 343 g/mol. The number of hydrogen-bond donors (Lipinski definition) is 1. The van der Waals surface area contributed by atoms with E-state index in [-0.39, 0.29) is 12.4 Å². The molecule has 1 aromatic carbocycles. The summed E-state index contributed by atoms with van der Waals surface area (Å²) in [6.45, 7) is 4.26. The van der Waals surface area contributed by atoms with Gasteiger partial charge in [0.2, 0.25) is 0 Å². The first-order chi connectivity index (χ1) is 12.3. The normalized spacial score (nSPS) is 24.6. The Kier molecular flexibility index (Phi) is 4.88. The lowest BCUT2D eigenvalue weighted by atomic mass is 10.0. The summed E-state index contributed by atoms with van der Waals surface area (Å²) in [5.41, 5.74) is 1.69. The van der Waals surface area contributed by atoms with Crippen LogP contribution in [0.3, 0.4) is 0 Å². The zero-order valence-electron chi connectivity index (χ0n) is 14.5. The molecule has 2 aliphatic heterocycles. The molecule has 0 amide bonds. The first-order valence-corrected chi connectivity index (χ1v) is 9.26. The van der Waals surface area contributed by atoms with Gasteiger partial charge < -0.3 is 9.67 Å². The molecule has 1 aromatic heterocycles. The van der Waals surface area contributed by atoms with Crippen molar-refractivity contribution < 1.29 is 9.50 Å². The van der Waals surface area contributed by atoms with Crippen molar-refractivity contribution in [2.24, 2.45) is 0 Å². The number of fused-ring (bicyclic) bond motifs is 1. The summed E-state index contributed by atoms with van der Waals surface area (Å²) in [7, 11) is 0. The highest BCUT2D eigenvalue weighted by atomic mass is 19.1. The fourth-order valence-electron chi connectivity index (χ4n) is 4.40. The smallest absolute Gasteiger partial charge is 0.147 e. The van der Waals surface area contributed by atoms with E-state index < -0.39 is 0 Å². The predicted molar refractivity (Wildman–Crippen MR) is 96.2 cm³/mol. The van der Waals surface area contributed by atoms with E-state index in [0.29, 0.717) is 17.8 Å². The van der Waals surface area contributed by atoms with Gasteiger partial charge in [-0.25, -0.2) is 4.39 Å². The topological polar surface area (TPSA) is 31.6 Å². The molecule has 0 radical (unpaired) electrons. The standard InChI is InChI=1S/C20H26FN3O/c21-19-7-1-2-8-20(19)24-11-4-6-18(24)15-23-14-16-5-3-10-22(16)13-17(23)9-12-25/h1-2,4,6-8,11,16-17,25H,3,5,9-10,12-15H2/t16-,17-/m0/s1. The third-order valence-corrected chi connectivity index (χ3v) is 5.68. The van der Waals surface area contributed by atoms with Gasteiger partial charge in [0.1, 0.15) is 5.82 Å². The van der Waals surface area contributed by atoms with Crippen LogP contribution in [0.25, 0.3) is 5.69 Å². The Bertz CT molecular complexity index is 716. The van der Waals surface area contributed by atoms with E-state index in [4.69, 9.17) is 0 Å². The van der Waals surface area contributed by atoms with Crippen LogP contribution in [0.4, 0.5) is 4.39 Å². The summed E-state index contributed by atoms with van der Waals surface area (Å²) in [6, 6.07) is 12.0. The van der Waals surface area contributed by atoms with Gasteiger partial charge in [0.25, 0.3) is 0 Å². The van der Waals surface area contributed by atoms with Crippen LogP contribution < -0.4 is 0 Å². The fraction of sp³-hybridized carbons (Fsp3) is 0.500. The zero-order valence-corrected chi connectivity index (χ0v) is 14.5. The van der Waals surface area contributed by atoms with Gasteiger partial charge in [0.05, 0.1) is 5.69 Å². The average Bonchev–Trinajstić information content (AvgIpc) is 3.25. The lowest BCUT2D eigenvalue weighted by Crippen LogP contribution is -2.55. The molecule has 0 spiro atoms. The molecule has 2 saturated heterocycles. The van der Waals surface area contributed by atoms with E-state index in [1.807, 2.05) is 29.0 Å². The highest BCUT2D eigenvalue weighted by molar-refractivity contribution is 5.36. The maximum Gasteiger partial charge on any atom is 0.147 e. The van der Waals surface area contributed by atoms with Crippen molar-refractivity contribution in [1.29, 1.82) is 0 Å². The zero-order chi connectivity index (χ0) is 17.2. The van der Waals surface area contributed by atoms with Crippen molar-refractivity contribution in [3.05, 3.63) is 54.1 Å². The first kappa shape index (κ1) is 16.8. The van der Waals surface area contributed by atoms with Crippen LogP contribution in [0.2, 0.25) is 0 Å². The van der Waals surface area contributed by atoms with E-state index in [1.165, 1.54) is 25.5 Å². The number of rotatable bonds is 5. The molecule has 4 rings (SSSR count). The van der Waals surface area contributed by atoms with Crippen LogP contribution in [0.15, 0.2) is 42.6 Å². The molecule has 2 fully saturated rings. The van der Waals surface area contributed by atoms with Crippen molar-refractivity contribution >= 4 is 0 Å². The van der Waals surface area contributed by atoms with Gasteiger partial charge in [-0.1, -0.05) is 12.1 Å². The molecule has 0 unspecified atom stereocenters. The Morgan fingerprint density at radius 1 is 1.12 bits per heavy atom. The number of benzene rings is 1. The number of aliphatic hydroxyl groups is 1. The van der Waals surface area contributed by atoms with Gasteiger partial charge in [0, 0.05) is 50.2 Å². The molecule has 2 aliphatic rings. The molecule has 5 heteroatoms. The molecule has 25 heavy (non-hydrogen) atoms. The van der Waals surface area contributed by atoms with E-state index in [9.17, 15) is 9.50 Å². The van der Waals surface area contributed by atoms with Gasteiger partial charge in [-0.05, 0) is 50.1 Å². The van der Waals surface area contributed by atoms with Crippen LogP contribution in [0.1, 0.15) is 25.0 Å². The fourth-order valence-corrected chi connectivity index (χ4v) is 4.40. The van der Waals surface area contributed by atoms with E-state index in [0.717, 1.165) is 31.7 Å². The Labute approximate surface area is 148 Å². The second kappa shape index (κ2) is 7.28. The minimum absolute atomic E-state index is 0.201. The van der Waals surface area contributed by atoms with Crippen LogP contribution in [0, 0.1) is 5.82 Å². The largest absolute Gasteiger partial charge is 0.396 e. The molecule has 3 heterocycles. The second-order valence-corrected chi connectivity index (χ2v) is 7.21. The van der Waals surface area contributed by atoms with Crippen molar-refractivity contribution in [3.63, 3.8) is 0 Å². The Morgan fingerprint density at radius 3 is 2.84 bits per heavy atom. The van der Waals surface area contributed by atoms with E-state index in [1.54, 1.807) is 6.07 Å². The third-order valence-electron chi connectivity index (χ3n) is 5.68. The number of nitrogens with zero attached hydrogens (tertiary/aromatic N) is 3. The van der Waals surface area contributed by atoms with Gasteiger partial charge in [-0.15, -0.1) is 0 Å². The quantitative estimate of drug-likeness (QED) is 0.906. The maximum atomic E-state index is 14.2. The highest BCUT2D eigenvalue weighted by Crippen LogP contribution is 2.28. The van der Waals surface area contributed by atoms with Crippen molar-refractivity contribution in [2.45, 2.75) is 37.9 Å². The molecular weight excluding hydrogens is 317 g/mol. The first-order valence-electron chi connectivity index (χ1n) is 9.26. The summed E-state index contributed by atoms with van der Waals surface area (Å²) >= 11 is 0. The minimum atomic E-state index is -0.201. The minimum Gasteiger partial charge on any atom is -0.396 e. The Balaban J connectivity index is 1.57. The average molecular weight is 343 g/mol. The van der Waals surface area contributed by atoms with Crippen LogP contribution in [-0.4, -0.2) is 57.8 Å². The molecule has 2 aromatic rings. The summed E-state index contributed by atoms with van der Waals surface area (Å²) in [5.74, 6) is -0.201. The van der Waals surface area contributed by atoms with Gasteiger partial charge in [0.15, 0.2) is 0 Å². The molecular formula is C20H26FN3O. The maximum absolute atomic E-state index is 14.2. The van der Waals surface area contributed by atoms with Crippen molar-refractivity contribution in [2.75, 3.05) is 26.2 Å². The Hall–Kier alpha value is -1.69. The lowest BCUT2D eigenvalue weighted by Gasteiger charge is -2.43. The van der Waals surface area contributed by atoms with E-state index >= 15 is 0 Å². The summed E-state index contributed by atoms with van der Waals surface area (Å²) in [5, 5.41) is 9.47. The van der Waals surface area contributed by atoms with Crippen LogP contribution in [0.5, 0.6) is 0 Å². The SMILES string of the molecule is OCC[C@H]1CN2CCC[C@H]2CN1Cc1cccn1-c1ccccc1F. The van der Waals surface area contributed by atoms with Gasteiger partial charge >= 0.3 is 0 Å². The molecule has 4 nitrogen and oxygen atoms in total. The van der Waals surface area contributed by atoms with Gasteiger partial charge in [-0.2, -0.15) is 0 Å². The number of aliphatic hydroxyl groups excluding tert-OH is 1. The molecule has 0 saturated carbocycles. The van der Waals surface area contributed by atoms with Gasteiger partial charge in [-0.3, -0.25) is 9.80 Å². The van der Waals surface area contributed by atoms with Crippen LogP contribution >= 0.6 is 0 Å². The van der Waals surface area contributed by atoms with Crippen LogP contribution in [-0.2, 0) is 6.54 Å². The number of aromatic nitrogens is 1. The molecule has 2 atom stereocenters. The highest BCUT2D eigenvalue weighted by Gasteiger charge is 2.36. The number of halogens is 1. The number of hydrogen-bond acceptors (Lipinski definition) is 3. The molecule has 0 aliphatic carbocycles. The lowest BCUT2D eigenvalue weighted by molar-refractivity contribution is 0.0323. The number of piperazine rings is 1. The molecule has 1 N–H and O–H groups in total. The van der Waals surface area contributed by atoms with E-state index in [2.05, 4.69) is 15.9 Å². The van der Waals surface area contributed by atoms with Crippen molar-refractivity contribution in [3.8, 4) is 5.69 Å².